The first-order chi connectivity index (χ1) is 16.8. The Balaban J connectivity index is 1.55. The molecule has 1 saturated heterocycles. The number of anilines is 1. The monoisotopic (exact) mass is 545 g/mol. The van der Waals surface area contributed by atoms with Gasteiger partial charge in [-0.25, -0.2) is 13.4 Å². The summed E-state index contributed by atoms with van der Waals surface area (Å²) in [5.41, 5.74) is 3.96. The van der Waals surface area contributed by atoms with E-state index in [1.165, 1.54) is 21.7 Å². The number of halogens is 1. The number of hydrogen-bond donors (Lipinski definition) is 0. The lowest BCUT2D eigenvalue weighted by molar-refractivity contribution is -0.121. The number of hydrogen-bond acceptors (Lipinski definition) is 6. The third kappa shape index (κ3) is 4.63. The van der Waals surface area contributed by atoms with E-state index in [9.17, 15) is 13.2 Å². The highest BCUT2D eigenvalue weighted by Crippen LogP contribution is 2.37. The summed E-state index contributed by atoms with van der Waals surface area (Å²) in [7, 11) is -3.84. The summed E-state index contributed by atoms with van der Waals surface area (Å²) in [5.74, 6) is -0.257. The third-order valence-electron chi connectivity index (χ3n) is 6.21. The highest BCUT2D eigenvalue weighted by Gasteiger charge is 2.42. The van der Waals surface area contributed by atoms with Crippen molar-refractivity contribution < 1.29 is 13.2 Å². The van der Waals surface area contributed by atoms with Crippen LogP contribution < -0.4 is 4.90 Å². The fourth-order valence-electron chi connectivity index (χ4n) is 4.38. The third-order valence-corrected chi connectivity index (χ3v) is 11.0. The molecule has 1 unspecified atom stereocenters. The maximum Gasteiger partial charge on any atom is 0.253 e. The molecule has 4 aromatic rings. The van der Waals surface area contributed by atoms with Gasteiger partial charge in [0, 0.05) is 6.54 Å². The van der Waals surface area contributed by atoms with Gasteiger partial charge in [0.1, 0.15) is 10.3 Å². The van der Waals surface area contributed by atoms with Crippen molar-refractivity contribution in [1.29, 1.82) is 0 Å². The van der Waals surface area contributed by atoms with Gasteiger partial charge in [-0.05, 0) is 55.5 Å². The highest BCUT2D eigenvalue weighted by atomic mass is 35.5. The highest BCUT2D eigenvalue weighted by molar-refractivity contribution is 7.91. The van der Waals surface area contributed by atoms with Gasteiger partial charge in [0.2, 0.25) is 5.91 Å². The molecular formula is C25H24ClN3O3S3. The van der Waals surface area contributed by atoms with E-state index in [1.807, 2.05) is 50.2 Å². The van der Waals surface area contributed by atoms with Gasteiger partial charge in [-0.2, -0.15) is 4.31 Å². The summed E-state index contributed by atoms with van der Waals surface area (Å²) in [6.07, 6.45) is 1.08. The van der Waals surface area contributed by atoms with Crippen molar-refractivity contribution in [2.45, 2.75) is 43.5 Å². The second kappa shape index (κ2) is 9.63. The Bertz CT molecular complexity index is 1460. The smallest absolute Gasteiger partial charge is 0.253 e. The van der Waals surface area contributed by atoms with Crippen molar-refractivity contribution in [1.82, 2.24) is 9.29 Å². The Morgan fingerprint density at radius 2 is 1.83 bits per heavy atom. The van der Waals surface area contributed by atoms with Crippen LogP contribution in [0.25, 0.3) is 10.2 Å². The second-order valence-corrected chi connectivity index (χ2v) is 13.4. The SMILES string of the molecule is Cc1ccc(C)c2sc(N(Cc3ccccc3)C(=O)C3CCCN3S(=O)(=O)c3ccc(Cl)s3)nc12. The van der Waals surface area contributed by atoms with Crippen LogP contribution in [0.15, 0.2) is 58.8 Å². The lowest BCUT2D eigenvalue weighted by atomic mass is 10.1. The van der Waals surface area contributed by atoms with Crippen LogP contribution in [-0.4, -0.2) is 36.2 Å². The standard InChI is InChI=1S/C25H24ClN3O3S3/c1-16-10-11-17(2)23-22(16)27-25(34-23)28(15-18-7-4-3-5-8-18)24(30)19-9-6-14-29(19)35(31,32)21-13-12-20(26)33-21/h3-5,7-8,10-13,19H,6,9,14-15H2,1-2H3. The van der Waals surface area contributed by atoms with E-state index in [-0.39, 0.29) is 10.1 Å². The summed E-state index contributed by atoms with van der Waals surface area (Å²) < 4.78 is 29.7. The number of carbonyl (C=O) groups is 1. The molecule has 2 aromatic heterocycles. The van der Waals surface area contributed by atoms with E-state index in [4.69, 9.17) is 16.6 Å². The van der Waals surface area contributed by atoms with Gasteiger partial charge in [-0.1, -0.05) is 65.4 Å². The molecule has 1 aliphatic heterocycles. The van der Waals surface area contributed by atoms with Crippen LogP contribution in [-0.2, 0) is 21.4 Å². The lowest BCUT2D eigenvalue weighted by Gasteiger charge is -2.28. The fourth-order valence-corrected chi connectivity index (χ4v) is 8.76. The molecule has 1 atom stereocenters. The number of thiophene rings is 1. The fraction of sp³-hybridized carbons (Fsp3) is 0.280. The molecule has 6 nitrogen and oxygen atoms in total. The van der Waals surface area contributed by atoms with Crippen molar-refractivity contribution in [2.75, 3.05) is 11.4 Å². The Morgan fingerprint density at radius 1 is 1.09 bits per heavy atom. The minimum atomic E-state index is -3.84. The first kappa shape index (κ1) is 24.4. The predicted octanol–water partition coefficient (Wildman–Crippen LogP) is 6.01. The first-order valence-electron chi connectivity index (χ1n) is 11.2. The molecule has 0 saturated carbocycles. The van der Waals surface area contributed by atoms with Crippen LogP contribution in [0.5, 0.6) is 0 Å². The van der Waals surface area contributed by atoms with Gasteiger partial charge < -0.3 is 0 Å². The van der Waals surface area contributed by atoms with Crippen LogP contribution >= 0.6 is 34.3 Å². The number of fused-ring (bicyclic) bond motifs is 1. The molecule has 5 rings (SSSR count). The molecule has 3 heterocycles. The number of carbonyl (C=O) groups excluding carboxylic acids is 1. The molecule has 1 amide bonds. The summed E-state index contributed by atoms with van der Waals surface area (Å²) >= 11 is 8.49. The molecular weight excluding hydrogens is 522 g/mol. The number of nitrogens with zero attached hydrogens (tertiary/aromatic N) is 3. The Morgan fingerprint density at radius 3 is 2.51 bits per heavy atom. The van der Waals surface area contributed by atoms with Crippen molar-refractivity contribution in [3.05, 3.63) is 75.6 Å². The van der Waals surface area contributed by atoms with E-state index in [1.54, 1.807) is 11.0 Å². The van der Waals surface area contributed by atoms with E-state index < -0.39 is 16.1 Å². The largest absolute Gasteiger partial charge is 0.282 e. The molecule has 10 heteroatoms. The van der Waals surface area contributed by atoms with Gasteiger partial charge in [0.25, 0.3) is 10.0 Å². The Hall–Kier alpha value is -2.30. The van der Waals surface area contributed by atoms with Gasteiger partial charge in [-0.15, -0.1) is 11.3 Å². The van der Waals surface area contributed by atoms with E-state index in [0.717, 1.165) is 38.2 Å². The predicted molar refractivity (Wildman–Crippen MR) is 143 cm³/mol. The summed E-state index contributed by atoms with van der Waals surface area (Å²) in [6, 6.07) is 16.1. The number of aromatic nitrogens is 1. The summed E-state index contributed by atoms with van der Waals surface area (Å²) in [5, 5.41) is 0.578. The van der Waals surface area contributed by atoms with Gasteiger partial charge in [0.15, 0.2) is 5.13 Å². The van der Waals surface area contributed by atoms with Gasteiger partial charge >= 0.3 is 0 Å². The molecule has 0 N–H and O–H groups in total. The van der Waals surface area contributed by atoms with Crippen LogP contribution in [0, 0.1) is 13.8 Å². The van der Waals surface area contributed by atoms with Crippen LogP contribution in [0.4, 0.5) is 5.13 Å². The topological polar surface area (TPSA) is 70.6 Å². The number of thiazole rings is 1. The Kier molecular flexibility index (Phi) is 6.71. The zero-order valence-electron chi connectivity index (χ0n) is 19.3. The average molecular weight is 546 g/mol. The average Bonchev–Trinajstić information content (AvgIpc) is 3.60. The van der Waals surface area contributed by atoms with Crippen molar-refractivity contribution >= 4 is 65.6 Å². The number of benzene rings is 2. The molecule has 0 bridgehead atoms. The molecule has 0 radical (unpaired) electrons. The number of rotatable bonds is 6. The number of amides is 1. The summed E-state index contributed by atoms with van der Waals surface area (Å²) in [6.45, 7) is 4.65. The maximum absolute atomic E-state index is 14.1. The van der Waals surface area contributed by atoms with E-state index >= 15 is 0 Å². The van der Waals surface area contributed by atoms with Gasteiger partial charge in [-0.3, -0.25) is 9.69 Å². The van der Waals surface area contributed by atoms with Gasteiger partial charge in [0.05, 0.1) is 21.1 Å². The summed E-state index contributed by atoms with van der Waals surface area (Å²) in [4.78, 5) is 20.6. The van der Waals surface area contributed by atoms with E-state index in [2.05, 4.69) is 6.07 Å². The van der Waals surface area contributed by atoms with Crippen molar-refractivity contribution in [3.8, 4) is 0 Å². The second-order valence-electron chi connectivity index (χ2n) is 8.62. The minimum Gasteiger partial charge on any atom is -0.282 e. The molecule has 0 aliphatic carbocycles. The lowest BCUT2D eigenvalue weighted by Crippen LogP contribution is -2.47. The zero-order chi connectivity index (χ0) is 24.7. The number of sulfonamides is 1. The molecule has 35 heavy (non-hydrogen) atoms. The molecule has 2 aromatic carbocycles. The Labute approximate surface area is 217 Å². The number of aryl methyl sites for hydroxylation is 2. The van der Waals surface area contributed by atoms with Crippen LogP contribution in [0.2, 0.25) is 4.34 Å². The minimum absolute atomic E-state index is 0.156. The van der Waals surface area contributed by atoms with Crippen LogP contribution in [0.3, 0.4) is 0 Å². The molecule has 1 aliphatic rings. The van der Waals surface area contributed by atoms with E-state index in [0.29, 0.717) is 35.4 Å². The maximum atomic E-state index is 14.1. The first-order valence-corrected chi connectivity index (χ1v) is 14.7. The van der Waals surface area contributed by atoms with Crippen molar-refractivity contribution in [2.24, 2.45) is 0 Å². The molecule has 1 fully saturated rings. The quantitative estimate of drug-likeness (QED) is 0.297. The van der Waals surface area contributed by atoms with Crippen molar-refractivity contribution in [3.63, 3.8) is 0 Å². The zero-order valence-corrected chi connectivity index (χ0v) is 22.5. The molecule has 0 spiro atoms. The molecule has 182 valence electrons. The normalized spacial score (nSPS) is 16.7. The van der Waals surface area contributed by atoms with Crippen LogP contribution in [0.1, 0.15) is 29.5 Å².